The van der Waals surface area contributed by atoms with E-state index < -0.39 is 5.97 Å². The molecule has 6 nitrogen and oxygen atoms in total. The Morgan fingerprint density at radius 3 is 2.56 bits per heavy atom. The lowest BCUT2D eigenvalue weighted by Crippen LogP contribution is -2.38. The van der Waals surface area contributed by atoms with Crippen LogP contribution >= 0.6 is 12.2 Å². The summed E-state index contributed by atoms with van der Waals surface area (Å²) in [7, 11) is 0. The number of aliphatic hydroxyl groups is 1. The summed E-state index contributed by atoms with van der Waals surface area (Å²) in [5.74, 6) is 0.328. The molecule has 0 bridgehead atoms. The normalized spacial score (nSPS) is 26.9. The van der Waals surface area contributed by atoms with Gasteiger partial charge in [0.1, 0.15) is 6.04 Å². The van der Waals surface area contributed by atoms with Gasteiger partial charge in [0.15, 0.2) is 5.11 Å². The number of thiocarbonyl (C=S) groups is 1. The van der Waals surface area contributed by atoms with Gasteiger partial charge in [-0.2, -0.15) is 0 Å². The molecule has 0 spiro atoms. The molecule has 0 aromatic heterocycles. The Morgan fingerprint density at radius 2 is 1.89 bits per heavy atom. The van der Waals surface area contributed by atoms with Gasteiger partial charge in [-0.3, -0.25) is 9.59 Å². The Morgan fingerprint density at radius 1 is 1.22 bits per heavy atom. The molecule has 1 saturated heterocycles. The van der Waals surface area contributed by atoms with Crippen LogP contribution in [0.15, 0.2) is 0 Å². The van der Waals surface area contributed by atoms with Crippen molar-refractivity contribution < 1.29 is 19.8 Å². The first-order chi connectivity index (χ1) is 12.9. The third kappa shape index (κ3) is 7.03. The molecule has 0 aromatic carbocycles. The number of carbonyl (C=O) groups is 2. The van der Waals surface area contributed by atoms with Crippen LogP contribution in [0.25, 0.3) is 0 Å². The first kappa shape index (κ1) is 22.1. The van der Waals surface area contributed by atoms with Gasteiger partial charge in [0.25, 0.3) is 0 Å². The van der Waals surface area contributed by atoms with Crippen molar-refractivity contribution in [1.82, 2.24) is 10.2 Å². The second-order valence-corrected chi connectivity index (χ2v) is 8.61. The van der Waals surface area contributed by atoms with Crippen molar-refractivity contribution in [2.24, 2.45) is 11.8 Å². The summed E-state index contributed by atoms with van der Waals surface area (Å²) in [5.41, 5.74) is 0. The summed E-state index contributed by atoms with van der Waals surface area (Å²) >= 11 is 5.31. The molecule has 1 aliphatic carbocycles. The number of carboxylic acids is 1. The van der Waals surface area contributed by atoms with Gasteiger partial charge in [-0.05, 0) is 56.2 Å². The van der Waals surface area contributed by atoms with Gasteiger partial charge in [0.05, 0.1) is 6.10 Å². The van der Waals surface area contributed by atoms with Crippen molar-refractivity contribution in [3.05, 3.63) is 0 Å². The molecule has 2 unspecified atom stereocenters. The average molecular weight is 399 g/mol. The summed E-state index contributed by atoms with van der Waals surface area (Å²) in [4.78, 5) is 24.7. The number of unbranched alkanes of at least 4 members (excludes halogenated alkanes) is 3. The number of hydrogen-bond acceptors (Lipinski definition) is 4. The molecule has 1 heterocycles. The third-order valence-corrected chi connectivity index (χ3v) is 6.40. The van der Waals surface area contributed by atoms with Crippen LogP contribution in [0, 0.1) is 11.8 Å². The van der Waals surface area contributed by atoms with Crippen molar-refractivity contribution in [3.8, 4) is 0 Å². The van der Waals surface area contributed by atoms with E-state index in [9.17, 15) is 14.7 Å². The number of nitrogens with one attached hydrogen (secondary N) is 1. The molecule has 0 radical (unpaired) electrons. The lowest BCUT2D eigenvalue weighted by molar-refractivity contribution is -0.137. The van der Waals surface area contributed by atoms with Gasteiger partial charge in [-0.15, -0.1) is 0 Å². The maximum atomic E-state index is 12.2. The number of rotatable bonds is 11. The Bertz CT molecular complexity index is 520. The molecule has 7 heteroatoms. The van der Waals surface area contributed by atoms with E-state index in [1.807, 2.05) is 4.90 Å². The standard InChI is InChI=1S/C20H34N2O4S/c1-14-8-10-15(11-9-14)17(23)12-13-22-16(19(26)21-20(22)27)6-4-2-3-5-7-18(24)25/h14-17,23H,2-13H2,1H3,(H,24,25)(H,21,26,27). The number of hydrogen-bond donors (Lipinski definition) is 3. The first-order valence-electron chi connectivity index (χ1n) is 10.4. The molecule has 1 aliphatic heterocycles. The molecule has 27 heavy (non-hydrogen) atoms. The maximum Gasteiger partial charge on any atom is 0.303 e. The molecule has 2 aliphatic rings. The predicted octanol–water partition coefficient (Wildman–Crippen LogP) is 3.07. The molecule has 1 amide bonds. The second-order valence-electron chi connectivity index (χ2n) is 8.23. The molecule has 154 valence electrons. The van der Waals surface area contributed by atoms with Crippen molar-refractivity contribution in [3.63, 3.8) is 0 Å². The van der Waals surface area contributed by atoms with Crippen LogP contribution in [0.2, 0.25) is 0 Å². The zero-order valence-electron chi connectivity index (χ0n) is 16.4. The Labute approximate surface area is 167 Å². The largest absolute Gasteiger partial charge is 0.481 e. The van der Waals surface area contributed by atoms with Gasteiger partial charge < -0.3 is 20.4 Å². The minimum Gasteiger partial charge on any atom is -0.481 e. The van der Waals surface area contributed by atoms with Crippen LogP contribution in [-0.2, 0) is 9.59 Å². The van der Waals surface area contributed by atoms with E-state index in [0.29, 0.717) is 30.4 Å². The predicted molar refractivity (Wildman–Crippen MR) is 108 cm³/mol. The minimum absolute atomic E-state index is 0.0495. The molecule has 3 N–H and O–H groups in total. The second kappa shape index (κ2) is 11.0. The fourth-order valence-corrected chi connectivity index (χ4v) is 4.55. The first-order valence-corrected chi connectivity index (χ1v) is 10.8. The molecular formula is C20H34N2O4S. The number of aliphatic hydroxyl groups excluding tert-OH is 1. The molecule has 2 fully saturated rings. The van der Waals surface area contributed by atoms with E-state index in [-0.39, 0.29) is 24.5 Å². The highest BCUT2D eigenvalue weighted by atomic mass is 32.1. The summed E-state index contributed by atoms with van der Waals surface area (Å²) in [6.07, 6.45) is 9.13. The van der Waals surface area contributed by atoms with Gasteiger partial charge in [-0.25, -0.2) is 0 Å². The average Bonchev–Trinajstić information content (AvgIpc) is 2.89. The fraction of sp³-hybridized carbons (Fsp3) is 0.850. The van der Waals surface area contributed by atoms with E-state index in [1.165, 1.54) is 12.8 Å². The number of aliphatic carboxylic acids is 1. The summed E-state index contributed by atoms with van der Waals surface area (Å²) in [6.45, 7) is 2.88. The van der Waals surface area contributed by atoms with Gasteiger partial charge >= 0.3 is 5.97 Å². The summed E-state index contributed by atoms with van der Waals surface area (Å²) in [5, 5.41) is 22.4. The Balaban J connectivity index is 1.73. The maximum absolute atomic E-state index is 12.2. The highest BCUT2D eigenvalue weighted by Crippen LogP contribution is 2.31. The van der Waals surface area contributed by atoms with E-state index in [2.05, 4.69) is 12.2 Å². The van der Waals surface area contributed by atoms with Crippen LogP contribution in [0.4, 0.5) is 0 Å². The fourth-order valence-electron chi connectivity index (χ4n) is 4.23. The highest BCUT2D eigenvalue weighted by Gasteiger charge is 2.35. The van der Waals surface area contributed by atoms with Gasteiger partial charge in [0.2, 0.25) is 5.91 Å². The third-order valence-electron chi connectivity index (χ3n) is 6.06. The van der Waals surface area contributed by atoms with Crippen LogP contribution < -0.4 is 5.32 Å². The number of carboxylic acid groups (broad SMARTS) is 1. The van der Waals surface area contributed by atoms with Crippen LogP contribution in [0.1, 0.15) is 77.6 Å². The molecule has 2 atom stereocenters. The Kier molecular flexibility index (Phi) is 8.96. The summed E-state index contributed by atoms with van der Waals surface area (Å²) in [6, 6.07) is -0.254. The monoisotopic (exact) mass is 398 g/mol. The lowest BCUT2D eigenvalue weighted by Gasteiger charge is -2.31. The smallest absolute Gasteiger partial charge is 0.303 e. The van der Waals surface area contributed by atoms with E-state index in [0.717, 1.165) is 44.4 Å². The molecule has 1 saturated carbocycles. The molecule has 2 rings (SSSR count). The quantitative estimate of drug-likeness (QED) is 0.366. The molecular weight excluding hydrogens is 364 g/mol. The van der Waals surface area contributed by atoms with E-state index >= 15 is 0 Å². The van der Waals surface area contributed by atoms with E-state index in [4.69, 9.17) is 17.3 Å². The number of carbonyl (C=O) groups excluding carboxylic acids is 1. The van der Waals surface area contributed by atoms with E-state index in [1.54, 1.807) is 0 Å². The molecule has 0 aromatic rings. The minimum atomic E-state index is -0.757. The van der Waals surface area contributed by atoms with Gasteiger partial charge in [-0.1, -0.05) is 39.0 Å². The topological polar surface area (TPSA) is 89.9 Å². The lowest BCUT2D eigenvalue weighted by atomic mass is 9.79. The zero-order chi connectivity index (χ0) is 19.8. The number of nitrogens with zero attached hydrogens (tertiary/aromatic N) is 1. The van der Waals surface area contributed by atoms with Crippen molar-refractivity contribution in [2.45, 2.75) is 89.7 Å². The highest BCUT2D eigenvalue weighted by molar-refractivity contribution is 7.80. The van der Waals surface area contributed by atoms with Crippen LogP contribution in [0.3, 0.4) is 0 Å². The Hall–Kier alpha value is -1.21. The van der Waals surface area contributed by atoms with Crippen molar-refractivity contribution >= 4 is 29.2 Å². The summed E-state index contributed by atoms with van der Waals surface area (Å²) < 4.78 is 0. The SMILES string of the molecule is CC1CCC(C(O)CCN2C(=S)NC(=O)C2CCCCCCC(=O)O)CC1. The van der Waals surface area contributed by atoms with Gasteiger partial charge in [0, 0.05) is 13.0 Å². The van der Waals surface area contributed by atoms with Crippen LogP contribution in [0.5, 0.6) is 0 Å². The zero-order valence-corrected chi connectivity index (χ0v) is 17.2. The van der Waals surface area contributed by atoms with Crippen molar-refractivity contribution in [2.75, 3.05) is 6.54 Å². The van der Waals surface area contributed by atoms with Crippen molar-refractivity contribution in [1.29, 1.82) is 0 Å². The van der Waals surface area contributed by atoms with Crippen LogP contribution in [-0.4, -0.2) is 50.8 Å². The number of amides is 1.